The predicted molar refractivity (Wildman–Crippen MR) is 62.7 cm³/mol. The monoisotopic (exact) mass is 282 g/mol. The Morgan fingerprint density at radius 1 is 1.47 bits per heavy atom. The zero-order chi connectivity index (χ0) is 13.1. The highest BCUT2D eigenvalue weighted by molar-refractivity contribution is 7.89. The molecule has 0 saturated heterocycles. The van der Waals surface area contributed by atoms with Crippen molar-refractivity contribution in [3.05, 3.63) is 23.0 Å². The molecule has 0 bridgehead atoms. The van der Waals surface area contributed by atoms with Gasteiger partial charge < -0.3 is 10.8 Å². The minimum atomic E-state index is -4.01. The second kappa shape index (κ2) is 5.63. The van der Waals surface area contributed by atoms with Crippen molar-refractivity contribution in [3.63, 3.8) is 0 Å². The second-order valence-electron chi connectivity index (χ2n) is 3.29. The maximum Gasteiger partial charge on any atom is 0.243 e. The van der Waals surface area contributed by atoms with Crippen LogP contribution in [0.25, 0.3) is 0 Å². The first-order chi connectivity index (χ1) is 7.88. The van der Waals surface area contributed by atoms with E-state index in [4.69, 9.17) is 22.4 Å². The summed E-state index contributed by atoms with van der Waals surface area (Å²) in [7, 11) is -4.01. The Labute approximate surface area is 103 Å². The average Bonchev–Trinajstić information content (AvgIpc) is 2.23. The highest BCUT2D eigenvalue weighted by Crippen LogP contribution is 2.25. The van der Waals surface area contributed by atoms with Crippen molar-refractivity contribution in [1.82, 2.24) is 4.72 Å². The fourth-order valence-electron chi connectivity index (χ4n) is 1.14. The van der Waals surface area contributed by atoms with Crippen LogP contribution in [0.15, 0.2) is 17.0 Å². The highest BCUT2D eigenvalue weighted by atomic mass is 35.5. The van der Waals surface area contributed by atoms with Crippen molar-refractivity contribution in [2.75, 3.05) is 18.9 Å². The fraction of sp³-hybridized carbons (Fsp3) is 0.333. The summed E-state index contributed by atoms with van der Waals surface area (Å²) in [5.74, 6) is -1.04. The normalized spacial score (nSPS) is 11.7. The molecule has 0 radical (unpaired) electrons. The van der Waals surface area contributed by atoms with E-state index >= 15 is 0 Å². The largest absolute Gasteiger partial charge is 0.399 e. The maximum absolute atomic E-state index is 13.5. The lowest BCUT2D eigenvalue weighted by molar-refractivity contribution is 0.289. The molecular formula is C9H12ClFN2O3S. The lowest BCUT2D eigenvalue weighted by Crippen LogP contribution is -2.26. The van der Waals surface area contributed by atoms with Gasteiger partial charge in [-0.1, -0.05) is 11.6 Å². The van der Waals surface area contributed by atoms with Gasteiger partial charge in [0.1, 0.15) is 4.90 Å². The van der Waals surface area contributed by atoms with E-state index in [9.17, 15) is 12.8 Å². The third-order valence-corrected chi connectivity index (χ3v) is 3.67. The van der Waals surface area contributed by atoms with Crippen LogP contribution in [-0.2, 0) is 10.0 Å². The van der Waals surface area contributed by atoms with Crippen molar-refractivity contribution >= 4 is 27.3 Å². The molecule has 0 aliphatic carbocycles. The number of aliphatic hydroxyl groups is 1. The van der Waals surface area contributed by atoms with Gasteiger partial charge >= 0.3 is 0 Å². The number of benzene rings is 1. The van der Waals surface area contributed by atoms with E-state index in [1.165, 1.54) is 0 Å². The van der Waals surface area contributed by atoms with E-state index in [0.717, 1.165) is 12.1 Å². The lowest BCUT2D eigenvalue weighted by atomic mass is 10.3. The summed E-state index contributed by atoms with van der Waals surface area (Å²) in [5.41, 5.74) is 5.45. The molecular weight excluding hydrogens is 271 g/mol. The van der Waals surface area contributed by atoms with Gasteiger partial charge in [-0.3, -0.25) is 0 Å². The van der Waals surface area contributed by atoms with Crippen LogP contribution in [0.1, 0.15) is 6.42 Å². The van der Waals surface area contributed by atoms with Gasteiger partial charge in [-0.25, -0.2) is 17.5 Å². The van der Waals surface area contributed by atoms with E-state index in [1.807, 2.05) is 0 Å². The van der Waals surface area contributed by atoms with Crippen molar-refractivity contribution < 1.29 is 17.9 Å². The molecule has 0 fully saturated rings. The van der Waals surface area contributed by atoms with E-state index < -0.39 is 20.7 Å². The zero-order valence-electron chi connectivity index (χ0n) is 8.78. The number of aliphatic hydroxyl groups excluding tert-OH is 1. The molecule has 0 unspecified atom stereocenters. The molecule has 0 spiro atoms. The first-order valence-corrected chi connectivity index (χ1v) is 6.59. The third-order valence-electron chi connectivity index (χ3n) is 1.93. The summed E-state index contributed by atoms with van der Waals surface area (Å²) in [4.78, 5) is -0.597. The van der Waals surface area contributed by atoms with Crippen molar-refractivity contribution in [3.8, 4) is 0 Å². The number of nitrogen functional groups attached to an aromatic ring is 1. The van der Waals surface area contributed by atoms with Crippen LogP contribution in [0.5, 0.6) is 0 Å². The molecule has 0 aliphatic heterocycles. The average molecular weight is 283 g/mol. The zero-order valence-corrected chi connectivity index (χ0v) is 10.4. The van der Waals surface area contributed by atoms with Gasteiger partial charge in [-0.2, -0.15) is 0 Å². The Hall–Kier alpha value is -0.890. The van der Waals surface area contributed by atoms with Gasteiger partial charge in [0.15, 0.2) is 5.82 Å². The van der Waals surface area contributed by atoms with Gasteiger partial charge in [0, 0.05) is 18.8 Å². The van der Waals surface area contributed by atoms with Crippen LogP contribution in [0.4, 0.5) is 10.1 Å². The molecule has 17 heavy (non-hydrogen) atoms. The number of halogens is 2. The maximum atomic E-state index is 13.5. The quantitative estimate of drug-likeness (QED) is 0.548. The summed E-state index contributed by atoms with van der Waals surface area (Å²) in [6, 6.07) is 2.12. The highest BCUT2D eigenvalue weighted by Gasteiger charge is 2.21. The number of rotatable bonds is 5. The van der Waals surface area contributed by atoms with Crippen LogP contribution in [0.2, 0.25) is 5.02 Å². The van der Waals surface area contributed by atoms with Gasteiger partial charge in [0.05, 0.1) is 5.02 Å². The summed E-state index contributed by atoms with van der Waals surface area (Å²) in [6.07, 6.45) is 0.233. The van der Waals surface area contributed by atoms with Crippen molar-refractivity contribution in [2.45, 2.75) is 11.3 Å². The van der Waals surface area contributed by atoms with Crippen LogP contribution in [0, 0.1) is 5.82 Å². The molecule has 0 atom stereocenters. The summed E-state index contributed by atoms with van der Waals surface area (Å²) >= 11 is 5.50. The SMILES string of the molecule is Nc1cc(Cl)c(F)c(S(=O)(=O)NCCCO)c1. The molecule has 1 aromatic rings. The molecule has 4 N–H and O–H groups in total. The summed E-state index contributed by atoms with van der Waals surface area (Å²) in [6.45, 7) is -0.159. The fourth-order valence-corrected chi connectivity index (χ4v) is 2.63. The van der Waals surface area contributed by atoms with Gasteiger partial charge in [0.2, 0.25) is 10.0 Å². The Morgan fingerprint density at radius 3 is 2.71 bits per heavy atom. The molecule has 0 amide bonds. The van der Waals surface area contributed by atoms with Crippen molar-refractivity contribution in [1.29, 1.82) is 0 Å². The molecule has 96 valence electrons. The number of anilines is 1. The topological polar surface area (TPSA) is 92.4 Å². The number of sulfonamides is 1. The molecule has 0 aliphatic rings. The van der Waals surface area contributed by atoms with Crippen LogP contribution in [0.3, 0.4) is 0 Å². The standard InChI is InChI=1S/C9H12ClFN2O3S/c10-7-4-6(12)5-8(9(7)11)17(15,16)13-2-1-3-14/h4-5,13-14H,1-3,12H2. The summed E-state index contributed by atoms with van der Waals surface area (Å²) < 4.78 is 39.0. The number of hydrogen-bond donors (Lipinski definition) is 3. The molecule has 5 nitrogen and oxygen atoms in total. The van der Waals surface area contributed by atoms with Gasteiger partial charge in [-0.15, -0.1) is 0 Å². The van der Waals surface area contributed by atoms with Crippen molar-refractivity contribution in [2.24, 2.45) is 0 Å². The van der Waals surface area contributed by atoms with E-state index in [2.05, 4.69) is 4.72 Å². The van der Waals surface area contributed by atoms with Gasteiger partial charge in [0.25, 0.3) is 0 Å². The number of hydrogen-bond acceptors (Lipinski definition) is 4. The Balaban J connectivity index is 3.06. The molecule has 1 rings (SSSR count). The first kappa shape index (κ1) is 14.2. The lowest BCUT2D eigenvalue weighted by Gasteiger charge is -2.08. The van der Waals surface area contributed by atoms with E-state index in [-0.39, 0.29) is 30.3 Å². The smallest absolute Gasteiger partial charge is 0.243 e. The first-order valence-electron chi connectivity index (χ1n) is 4.73. The molecule has 8 heteroatoms. The minimum Gasteiger partial charge on any atom is -0.399 e. The minimum absolute atomic E-state index is 0.00465. The molecule has 1 aromatic carbocycles. The van der Waals surface area contributed by atoms with Crippen LogP contribution < -0.4 is 10.5 Å². The molecule has 0 heterocycles. The van der Waals surface area contributed by atoms with Crippen LogP contribution >= 0.6 is 11.6 Å². The Kier molecular flexibility index (Phi) is 4.70. The van der Waals surface area contributed by atoms with Crippen LogP contribution in [-0.4, -0.2) is 26.7 Å². The third kappa shape index (κ3) is 3.53. The van der Waals surface area contributed by atoms with Gasteiger partial charge in [-0.05, 0) is 18.6 Å². The number of nitrogens with one attached hydrogen (secondary N) is 1. The summed E-state index contributed by atoms with van der Waals surface area (Å²) in [5, 5.41) is 8.17. The van der Waals surface area contributed by atoms with E-state index in [1.54, 1.807) is 0 Å². The second-order valence-corrected chi connectivity index (χ2v) is 5.43. The molecule has 0 saturated carbocycles. The Bertz CT molecular complexity index is 507. The predicted octanol–water partition coefficient (Wildman–Crippen LogP) is 0.722. The Morgan fingerprint density at radius 2 is 2.12 bits per heavy atom. The number of nitrogens with two attached hydrogens (primary N) is 1. The van der Waals surface area contributed by atoms with E-state index in [0.29, 0.717) is 0 Å². The molecule has 0 aromatic heterocycles.